The highest BCUT2D eigenvalue weighted by molar-refractivity contribution is 7.18. The summed E-state index contributed by atoms with van der Waals surface area (Å²) in [5.41, 5.74) is 6.42. The monoisotopic (exact) mass is 227 g/mol. The molecule has 0 aliphatic carbocycles. The molecule has 72 valence electrons. The lowest BCUT2D eigenvalue weighted by Gasteiger charge is -1.99. The third-order valence-electron chi connectivity index (χ3n) is 1.94. The standard InChI is InChI=1S/C9H6ClNO2S/c10-7-5(9(12)13)2-1-4-6(11)3-14-8(4)7/h1-3H,11H2,(H,12,13). The van der Waals surface area contributed by atoms with E-state index in [1.165, 1.54) is 17.4 Å². The lowest BCUT2D eigenvalue weighted by atomic mass is 10.1. The van der Waals surface area contributed by atoms with E-state index in [0.717, 1.165) is 10.1 Å². The molecule has 14 heavy (non-hydrogen) atoms. The maximum Gasteiger partial charge on any atom is 0.337 e. The van der Waals surface area contributed by atoms with Crippen molar-refractivity contribution in [1.29, 1.82) is 0 Å². The van der Waals surface area contributed by atoms with Crippen LogP contribution in [0.25, 0.3) is 10.1 Å². The third kappa shape index (κ3) is 1.23. The van der Waals surface area contributed by atoms with E-state index in [0.29, 0.717) is 5.69 Å². The highest BCUT2D eigenvalue weighted by atomic mass is 35.5. The number of thiophene rings is 1. The van der Waals surface area contributed by atoms with Crippen molar-refractivity contribution in [3.05, 3.63) is 28.1 Å². The van der Waals surface area contributed by atoms with Gasteiger partial charge in [-0.25, -0.2) is 4.79 Å². The molecule has 0 unspecified atom stereocenters. The number of rotatable bonds is 1. The summed E-state index contributed by atoms with van der Waals surface area (Å²) in [6, 6.07) is 3.15. The fourth-order valence-electron chi connectivity index (χ4n) is 1.25. The fraction of sp³-hybridized carbons (Fsp3) is 0. The van der Waals surface area contributed by atoms with Crippen molar-refractivity contribution in [3.63, 3.8) is 0 Å². The number of nitrogen functional groups attached to an aromatic ring is 1. The van der Waals surface area contributed by atoms with E-state index in [1.807, 2.05) is 0 Å². The number of aromatic carboxylic acids is 1. The zero-order valence-corrected chi connectivity index (χ0v) is 8.52. The van der Waals surface area contributed by atoms with Crippen LogP contribution in [0, 0.1) is 0 Å². The van der Waals surface area contributed by atoms with Crippen LogP contribution in [0.4, 0.5) is 5.69 Å². The molecule has 2 aromatic rings. The zero-order chi connectivity index (χ0) is 10.3. The topological polar surface area (TPSA) is 63.3 Å². The second-order valence-electron chi connectivity index (χ2n) is 2.80. The number of fused-ring (bicyclic) bond motifs is 1. The Kier molecular flexibility index (Phi) is 2.09. The van der Waals surface area contributed by atoms with Crippen LogP contribution in [0.5, 0.6) is 0 Å². The van der Waals surface area contributed by atoms with Gasteiger partial charge in [-0.05, 0) is 6.07 Å². The van der Waals surface area contributed by atoms with E-state index in [-0.39, 0.29) is 10.6 Å². The summed E-state index contributed by atoms with van der Waals surface area (Å²) in [5.74, 6) is -1.02. The number of carboxylic acids is 1. The van der Waals surface area contributed by atoms with Gasteiger partial charge in [-0.3, -0.25) is 0 Å². The van der Waals surface area contributed by atoms with Crippen LogP contribution in [0.3, 0.4) is 0 Å². The molecule has 2 rings (SSSR count). The van der Waals surface area contributed by atoms with E-state index in [9.17, 15) is 4.79 Å². The van der Waals surface area contributed by atoms with Gasteiger partial charge in [0, 0.05) is 10.8 Å². The van der Waals surface area contributed by atoms with E-state index in [2.05, 4.69) is 0 Å². The van der Waals surface area contributed by atoms with Crippen LogP contribution in [-0.2, 0) is 0 Å². The molecule has 0 radical (unpaired) electrons. The van der Waals surface area contributed by atoms with Gasteiger partial charge >= 0.3 is 5.97 Å². The Morgan fingerprint density at radius 2 is 2.21 bits per heavy atom. The number of anilines is 1. The average Bonchev–Trinajstić information content (AvgIpc) is 2.49. The van der Waals surface area contributed by atoms with E-state index >= 15 is 0 Å². The Bertz CT molecular complexity index is 521. The summed E-state index contributed by atoms with van der Waals surface area (Å²) < 4.78 is 0.726. The molecule has 0 saturated carbocycles. The van der Waals surface area contributed by atoms with Gasteiger partial charge in [0.2, 0.25) is 0 Å². The maximum atomic E-state index is 10.8. The minimum atomic E-state index is -1.02. The summed E-state index contributed by atoms with van der Waals surface area (Å²) in [6.45, 7) is 0. The molecule has 0 aliphatic heterocycles. The average molecular weight is 228 g/mol. The molecule has 0 aliphatic rings. The summed E-state index contributed by atoms with van der Waals surface area (Å²) >= 11 is 7.28. The summed E-state index contributed by atoms with van der Waals surface area (Å²) in [7, 11) is 0. The first kappa shape index (κ1) is 9.30. The lowest BCUT2D eigenvalue weighted by Crippen LogP contribution is -1.96. The van der Waals surface area contributed by atoms with Gasteiger partial charge in [0.05, 0.1) is 21.0 Å². The number of benzene rings is 1. The molecule has 0 bridgehead atoms. The summed E-state index contributed by atoms with van der Waals surface area (Å²) in [4.78, 5) is 10.8. The number of hydrogen-bond donors (Lipinski definition) is 2. The van der Waals surface area contributed by atoms with Crippen molar-refractivity contribution in [3.8, 4) is 0 Å². The van der Waals surface area contributed by atoms with Crippen LogP contribution < -0.4 is 5.73 Å². The van der Waals surface area contributed by atoms with Crippen molar-refractivity contribution in [2.75, 3.05) is 5.73 Å². The van der Waals surface area contributed by atoms with Crippen LogP contribution in [0.15, 0.2) is 17.5 Å². The zero-order valence-electron chi connectivity index (χ0n) is 6.95. The normalized spacial score (nSPS) is 10.6. The van der Waals surface area contributed by atoms with Crippen LogP contribution in [0.2, 0.25) is 5.02 Å². The molecule has 0 spiro atoms. The van der Waals surface area contributed by atoms with Gasteiger partial charge in [-0.15, -0.1) is 11.3 Å². The number of hydrogen-bond acceptors (Lipinski definition) is 3. The molecular weight excluding hydrogens is 222 g/mol. The molecule has 3 N–H and O–H groups in total. The van der Waals surface area contributed by atoms with Crippen LogP contribution >= 0.6 is 22.9 Å². The quantitative estimate of drug-likeness (QED) is 0.788. The maximum absolute atomic E-state index is 10.8. The first-order valence-corrected chi connectivity index (χ1v) is 5.05. The summed E-state index contributed by atoms with van der Waals surface area (Å²) in [6.07, 6.45) is 0. The van der Waals surface area contributed by atoms with Crippen LogP contribution in [-0.4, -0.2) is 11.1 Å². The number of nitrogens with two attached hydrogens (primary N) is 1. The first-order valence-electron chi connectivity index (χ1n) is 3.79. The minimum Gasteiger partial charge on any atom is -0.478 e. The predicted molar refractivity (Wildman–Crippen MR) is 58.2 cm³/mol. The largest absolute Gasteiger partial charge is 0.478 e. The van der Waals surface area contributed by atoms with E-state index in [4.69, 9.17) is 22.4 Å². The van der Waals surface area contributed by atoms with Crippen molar-refractivity contribution >= 4 is 44.7 Å². The van der Waals surface area contributed by atoms with Crippen molar-refractivity contribution in [1.82, 2.24) is 0 Å². The van der Waals surface area contributed by atoms with Gasteiger partial charge in [0.1, 0.15) is 0 Å². The Morgan fingerprint density at radius 3 is 2.86 bits per heavy atom. The number of halogens is 1. The first-order chi connectivity index (χ1) is 6.61. The Labute approximate surface area is 88.7 Å². The van der Waals surface area contributed by atoms with E-state index in [1.54, 1.807) is 11.4 Å². The molecule has 0 saturated heterocycles. The van der Waals surface area contributed by atoms with Gasteiger partial charge in [0.15, 0.2) is 0 Å². The Morgan fingerprint density at radius 1 is 1.50 bits per heavy atom. The smallest absolute Gasteiger partial charge is 0.337 e. The molecule has 1 aromatic carbocycles. The molecule has 5 heteroatoms. The third-order valence-corrected chi connectivity index (χ3v) is 3.48. The second kappa shape index (κ2) is 3.15. The lowest BCUT2D eigenvalue weighted by molar-refractivity contribution is 0.0697. The molecule has 0 fully saturated rings. The highest BCUT2D eigenvalue weighted by Crippen LogP contribution is 2.35. The molecule has 0 atom stereocenters. The Balaban J connectivity index is 2.82. The molecule has 1 heterocycles. The van der Waals surface area contributed by atoms with Gasteiger partial charge in [0.25, 0.3) is 0 Å². The predicted octanol–water partition coefficient (Wildman–Crippen LogP) is 2.84. The molecule has 3 nitrogen and oxygen atoms in total. The number of carboxylic acid groups (broad SMARTS) is 1. The van der Waals surface area contributed by atoms with Gasteiger partial charge in [-0.2, -0.15) is 0 Å². The van der Waals surface area contributed by atoms with Crippen molar-refractivity contribution < 1.29 is 9.90 Å². The van der Waals surface area contributed by atoms with Gasteiger partial charge in [-0.1, -0.05) is 17.7 Å². The molecular formula is C9H6ClNO2S. The fourth-order valence-corrected chi connectivity index (χ4v) is 2.53. The van der Waals surface area contributed by atoms with Crippen molar-refractivity contribution in [2.45, 2.75) is 0 Å². The molecule has 0 amide bonds. The number of carbonyl (C=O) groups is 1. The molecule has 1 aromatic heterocycles. The van der Waals surface area contributed by atoms with Crippen LogP contribution in [0.1, 0.15) is 10.4 Å². The van der Waals surface area contributed by atoms with Crippen molar-refractivity contribution in [2.24, 2.45) is 0 Å². The highest BCUT2D eigenvalue weighted by Gasteiger charge is 2.13. The van der Waals surface area contributed by atoms with Gasteiger partial charge < -0.3 is 10.8 Å². The second-order valence-corrected chi connectivity index (χ2v) is 4.06. The SMILES string of the molecule is Nc1csc2c(Cl)c(C(=O)O)ccc12. The summed E-state index contributed by atoms with van der Waals surface area (Å²) in [5, 5.41) is 11.6. The minimum absolute atomic E-state index is 0.112. The van der Waals surface area contributed by atoms with E-state index < -0.39 is 5.97 Å². The Hall–Kier alpha value is -1.26.